The molecule has 36 heavy (non-hydrogen) atoms. The molecule has 198 valence electrons. The molecule has 1 heterocycles. The smallest absolute Gasteiger partial charge is 0.396 e. The largest absolute Gasteiger partial charge is 0.743 e. The number of ether oxygens (including phenoxy) is 3. The molecule has 1 aromatic carbocycles. The number of para-hydroxylation sites is 1. The van der Waals surface area contributed by atoms with Gasteiger partial charge >= 0.3 is 23.1 Å². The van der Waals surface area contributed by atoms with E-state index in [0.29, 0.717) is 30.6 Å². The van der Waals surface area contributed by atoms with Crippen molar-refractivity contribution in [3.63, 3.8) is 0 Å². The molecule has 0 aromatic heterocycles. The van der Waals surface area contributed by atoms with Crippen LogP contribution in [0.3, 0.4) is 0 Å². The molecule has 0 saturated heterocycles. The molecule has 2 unspecified atom stereocenters. The molecule has 0 amide bonds. The quantitative estimate of drug-likeness (QED) is 0.196. The number of hydrogen-bond acceptors (Lipinski definition) is 8. The number of halogens is 5. The first kappa shape index (κ1) is 25.9. The lowest BCUT2D eigenvalue weighted by atomic mass is 9.47. The molecular weight excluding hydrogens is 627 g/mol. The maximum atomic E-state index is 13.8. The van der Waals surface area contributed by atoms with Gasteiger partial charge in [-0.3, -0.25) is 4.79 Å². The Morgan fingerprint density at radius 1 is 1.14 bits per heavy atom. The van der Waals surface area contributed by atoms with E-state index >= 15 is 0 Å². The standard InChI is InChI=1S/C22H21F4IO8S/c23-20(24,22(25,26)36(30,31)32)4-5-33-18(29)19-8-11-6-12(9-19)21(13(7-11)10-19)34-16-14(17(28)35-21)2-1-3-15(16)27/h1-3,11-13H,4-10H2,(H,30,31,32)/p-1. The van der Waals surface area contributed by atoms with E-state index in [4.69, 9.17) is 14.2 Å². The maximum absolute atomic E-state index is 13.8. The average Bonchev–Trinajstić information content (AvgIpc) is 2.77. The van der Waals surface area contributed by atoms with Crippen LogP contribution in [-0.4, -0.2) is 48.5 Å². The summed E-state index contributed by atoms with van der Waals surface area (Å²) in [6, 6.07) is 5.09. The van der Waals surface area contributed by atoms with E-state index in [9.17, 15) is 40.1 Å². The predicted octanol–water partition coefficient (Wildman–Crippen LogP) is 4.07. The number of carbonyl (C=O) groups is 2. The third-order valence-electron chi connectivity index (χ3n) is 7.85. The summed E-state index contributed by atoms with van der Waals surface area (Å²) in [7, 11) is -6.62. The zero-order chi connectivity index (χ0) is 26.3. The van der Waals surface area contributed by atoms with Crippen molar-refractivity contribution in [2.24, 2.45) is 23.2 Å². The van der Waals surface area contributed by atoms with Gasteiger partial charge in [-0.05, 0) is 72.7 Å². The van der Waals surface area contributed by atoms with Crippen LogP contribution >= 0.6 is 22.6 Å². The number of hydrogen-bond donors (Lipinski definition) is 0. The normalized spacial score (nSPS) is 33.2. The van der Waals surface area contributed by atoms with Crippen LogP contribution in [0.1, 0.15) is 48.9 Å². The highest BCUT2D eigenvalue weighted by Crippen LogP contribution is 2.66. The zero-order valence-corrected chi connectivity index (χ0v) is 21.5. The van der Waals surface area contributed by atoms with Crippen LogP contribution in [-0.2, 0) is 24.4 Å². The molecule has 14 heteroatoms. The molecule has 4 bridgehead atoms. The van der Waals surface area contributed by atoms with Crippen molar-refractivity contribution in [3.8, 4) is 5.75 Å². The van der Waals surface area contributed by atoms with E-state index in [2.05, 4.69) is 22.6 Å². The van der Waals surface area contributed by atoms with Crippen molar-refractivity contribution >= 4 is 44.6 Å². The van der Waals surface area contributed by atoms with Crippen LogP contribution < -0.4 is 4.74 Å². The molecule has 0 radical (unpaired) electrons. The van der Waals surface area contributed by atoms with Gasteiger partial charge < -0.3 is 18.8 Å². The van der Waals surface area contributed by atoms with Crippen molar-refractivity contribution in [1.29, 1.82) is 0 Å². The van der Waals surface area contributed by atoms with Crippen molar-refractivity contribution < 1.29 is 54.3 Å². The lowest BCUT2D eigenvalue weighted by Crippen LogP contribution is -2.67. The minimum atomic E-state index is -6.62. The fraction of sp³-hybridized carbons (Fsp3) is 0.636. The van der Waals surface area contributed by atoms with E-state index in [0.717, 1.165) is 3.57 Å². The first-order chi connectivity index (χ1) is 16.6. The van der Waals surface area contributed by atoms with Gasteiger partial charge in [0, 0.05) is 11.8 Å². The minimum Gasteiger partial charge on any atom is -0.743 e. The van der Waals surface area contributed by atoms with Crippen LogP contribution in [0, 0.1) is 26.7 Å². The van der Waals surface area contributed by atoms with Crippen molar-refractivity contribution in [3.05, 3.63) is 27.3 Å². The van der Waals surface area contributed by atoms with E-state index in [1.54, 1.807) is 18.2 Å². The van der Waals surface area contributed by atoms with Gasteiger partial charge in [0.15, 0.2) is 15.9 Å². The number of esters is 2. The molecule has 6 rings (SSSR count). The van der Waals surface area contributed by atoms with Gasteiger partial charge in [-0.1, -0.05) is 6.07 Å². The molecule has 1 spiro atoms. The second-order valence-corrected chi connectivity index (χ2v) is 12.6. The molecule has 5 aliphatic rings. The van der Waals surface area contributed by atoms with Gasteiger partial charge in [0.2, 0.25) is 0 Å². The summed E-state index contributed by atoms with van der Waals surface area (Å²) in [6.07, 6.45) is 0.170. The third-order valence-corrected chi connectivity index (χ3v) is 9.63. The number of rotatable bonds is 6. The molecular formula is C22H20F4IO8S-. The number of alkyl halides is 4. The summed E-state index contributed by atoms with van der Waals surface area (Å²) in [6.45, 7) is -1.19. The van der Waals surface area contributed by atoms with Crippen LogP contribution in [0.2, 0.25) is 0 Å². The lowest BCUT2D eigenvalue weighted by Gasteiger charge is -2.62. The molecule has 8 nitrogen and oxygen atoms in total. The first-order valence-corrected chi connectivity index (χ1v) is 13.7. The van der Waals surface area contributed by atoms with Gasteiger partial charge in [-0.15, -0.1) is 0 Å². The molecule has 4 aliphatic carbocycles. The van der Waals surface area contributed by atoms with Gasteiger partial charge in [-0.25, -0.2) is 13.2 Å². The second kappa shape index (κ2) is 8.16. The van der Waals surface area contributed by atoms with Gasteiger partial charge in [0.25, 0.3) is 5.79 Å². The summed E-state index contributed by atoms with van der Waals surface area (Å²) in [5, 5.41) is -5.84. The van der Waals surface area contributed by atoms with Gasteiger partial charge in [-0.2, -0.15) is 17.6 Å². The number of benzene rings is 1. The highest BCUT2D eigenvalue weighted by molar-refractivity contribution is 14.1. The number of fused-ring (bicyclic) bond motifs is 1. The van der Waals surface area contributed by atoms with E-state index < -0.39 is 57.5 Å². The zero-order valence-electron chi connectivity index (χ0n) is 18.5. The predicted molar refractivity (Wildman–Crippen MR) is 119 cm³/mol. The van der Waals surface area contributed by atoms with Crippen molar-refractivity contribution in [2.75, 3.05) is 6.61 Å². The molecule has 1 aliphatic heterocycles. The van der Waals surface area contributed by atoms with Crippen LogP contribution in [0.4, 0.5) is 17.6 Å². The van der Waals surface area contributed by atoms with E-state index in [1.807, 2.05) is 0 Å². The highest BCUT2D eigenvalue weighted by Gasteiger charge is 2.69. The van der Waals surface area contributed by atoms with Crippen LogP contribution in [0.15, 0.2) is 18.2 Å². The summed E-state index contributed by atoms with van der Waals surface area (Å²) in [4.78, 5) is 25.9. The van der Waals surface area contributed by atoms with Crippen LogP contribution in [0.5, 0.6) is 5.75 Å². The van der Waals surface area contributed by atoms with Crippen LogP contribution in [0.25, 0.3) is 0 Å². The Morgan fingerprint density at radius 2 is 1.78 bits per heavy atom. The Balaban J connectivity index is 1.32. The Labute approximate surface area is 216 Å². The fourth-order valence-corrected chi connectivity index (χ4v) is 7.49. The second-order valence-electron chi connectivity index (χ2n) is 10.0. The molecule has 1 aromatic rings. The van der Waals surface area contributed by atoms with Gasteiger partial charge in [0.05, 0.1) is 22.0 Å². The topological polar surface area (TPSA) is 119 Å². The van der Waals surface area contributed by atoms with Crippen molar-refractivity contribution in [1.82, 2.24) is 0 Å². The first-order valence-electron chi connectivity index (χ1n) is 11.2. The summed E-state index contributed by atoms with van der Waals surface area (Å²) < 4.78 is 104. The van der Waals surface area contributed by atoms with E-state index in [1.165, 1.54) is 0 Å². The third kappa shape index (κ3) is 3.72. The highest BCUT2D eigenvalue weighted by atomic mass is 127. The minimum absolute atomic E-state index is 0.0654. The summed E-state index contributed by atoms with van der Waals surface area (Å²) >= 11 is 2.06. The maximum Gasteiger partial charge on any atom is 0.396 e. The summed E-state index contributed by atoms with van der Waals surface area (Å²) in [5.41, 5.74) is -0.794. The monoisotopic (exact) mass is 647 g/mol. The average molecular weight is 647 g/mol. The molecule has 4 fully saturated rings. The summed E-state index contributed by atoms with van der Waals surface area (Å²) in [5.74, 6) is -8.15. The molecule has 2 atom stereocenters. The Bertz CT molecular complexity index is 1220. The lowest BCUT2D eigenvalue weighted by molar-refractivity contribution is -0.294. The Morgan fingerprint density at radius 3 is 2.39 bits per heavy atom. The van der Waals surface area contributed by atoms with Gasteiger partial charge in [0.1, 0.15) is 5.56 Å². The number of carbonyl (C=O) groups excluding carboxylic acids is 2. The SMILES string of the molecule is O=C1OC2(Oc3c(I)cccc31)C1CC3CC2CC(C(=O)OCCC(F)(F)C(F)(F)S(=O)(=O)[O-])(C3)C1. The van der Waals surface area contributed by atoms with E-state index in [-0.39, 0.29) is 30.6 Å². The molecule has 4 saturated carbocycles. The Hall–Kier alpha value is -1.68. The fourth-order valence-electron chi connectivity index (χ4n) is 6.42. The molecule has 0 N–H and O–H groups in total. The Kier molecular flexibility index (Phi) is 5.88. The van der Waals surface area contributed by atoms with Crippen molar-refractivity contribution in [2.45, 2.75) is 55.5 Å².